The highest BCUT2D eigenvalue weighted by Crippen LogP contribution is 2.41. The Morgan fingerprint density at radius 1 is 0.672 bits per heavy atom. The molecule has 0 radical (unpaired) electrons. The van der Waals surface area contributed by atoms with Crippen LogP contribution < -0.4 is 9.30 Å². The average molecular weight is 826 g/mol. The van der Waals surface area contributed by atoms with Crippen LogP contribution >= 0.6 is 15.9 Å². The zero-order chi connectivity index (χ0) is 48.1. The molecule has 0 N–H and O–H groups in total. The maximum Gasteiger partial charge on any atom is 0.269 e. The zero-order valence-corrected chi connectivity index (χ0v) is 33.2. The lowest BCUT2D eigenvalue weighted by Gasteiger charge is -2.20. The lowest BCUT2D eigenvalue weighted by atomic mass is 9.88. The molecule has 5 nitrogen and oxygen atoms in total. The number of imidazole rings is 1. The molecule has 0 unspecified atom stereocenters. The monoisotopic (exact) mass is 824 g/mol. The van der Waals surface area contributed by atoms with Gasteiger partial charge in [-0.25, -0.2) is 4.98 Å². The molecule has 58 heavy (non-hydrogen) atoms. The van der Waals surface area contributed by atoms with Crippen LogP contribution in [-0.2, 0) is 5.41 Å². The first-order valence-corrected chi connectivity index (χ1v) is 19.5. The molecule has 10 aromatic rings. The van der Waals surface area contributed by atoms with Gasteiger partial charge in [0.1, 0.15) is 17.3 Å². The topological polar surface area (TPSA) is 35.9 Å². The largest absolute Gasteiger partial charge is 0.457 e. The van der Waals surface area contributed by atoms with Crippen LogP contribution in [0, 0.1) is 6.33 Å². The fourth-order valence-electron chi connectivity index (χ4n) is 7.49. The average Bonchev–Trinajstić information content (AvgIpc) is 3.87. The molecule has 0 atom stereocenters. The van der Waals surface area contributed by atoms with Crippen molar-refractivity contribution >= 4 is 48.8 Å². The predicted molar refractivity (Wildman–Crippen MR) is 240 cm³/mol. The number of halogens is 1. The van der Waals surface area contributed by atoms with E-state index in [9.17, 15) is 0 Å². The minimum Gasteiger partial charge on any atom is -0.457 e. The van der Waals surface area contributed by atoms with Crippen LogP contribution in [0.4, 0.5) is 0 Å². The highest BCUT2D eigenvalue weighted by molar-refractivity contribution is 9.10. The first-order chi connectivity index (χ1) is 32.5. The van der Waals surface area contributed by atoms with Crippen molar-refractivity contribution in [1.29, 1.82) is 0 Å². The minimum absolute atomic E-state index is 0.0964. The van der Waals surface area contributed by atoms with Crippen molar-refractivity contribution in [2.75, 3.05) is 0 Å². The highest BCUT2D eigenvalue weighted by Gasteiger charge is 2.22. The summed E-state index contributed by atoms with van der Waals surface area (Å²) in [6.07, 6.45) is 5.28. The van der Waals surface area contributed by atoms with Crippen molar-refractivity contribution < 1.29 is 23.0 Å². The van der Waals surface area contributed by atoms with Crippen molar-refractivity contribution in [3.05, 3.63) is 198 Å². The third-order valence-corrected chi connectivity index (χ3v) is 10.9. The third-order valence-electron chi connectivity index (χ3n) is 10.2. The Bertz CT molecular complexity index is 3600. The summed E-state index contributed by atoms with van der Waals surface area (Å²) >= 11 is 3.80. The summed E-state index contributed by atoms with van der Waals surface area (Å²) in [5, 5.41) is 2.08. The lowest BCUT2D eigenvalue weighted by Crippen LogP contribution is -2.31. The smallest absolute Gasteiger partial charge is 0.269 e. The van der Waals surface area contributed by atoms with Crippen LogP contribution in [0.1, 0.15) is 40.0 Å². The summed E-state index contributed by atoms with van der Waals surface area (Å²) in [6, 6.07) is 30.8. The van der Waals surface area contributed by atoms with Gasteiger partial charge < -0.3 is 4.74 Å². The van der Waals surface area contributed by atoms with Crippen LogP contribution in [0.15, 0.2) is 186 Å². The number of fused-ring (bicyclic) bond motifs is 4. The second-order valence-electron chi connectivity index (χ2n) is 14.9. The second-order valence-corrected chi connectivity index (χ2v) is 15.7. The van der Waals surface area contributed by atoms with Gasteiger partial charge in [0.25, 0.3) is 6.33 Å². The van der Waals surface area contributed by atoms with E-state index < -0.39 is 60.4 Å². The van der Waals surface area contributed by atoms with E-state index in [2.05, 4.69) is 71.9 Å². The summed E-state index contributed by atoms with van der Waals surface area (Å²) in [5.74, 6) is 1.83. The van der Waals surface area contributed by atoms with Crippen molar-refractivity contribution in [3.63, 3.8) is 0 Å². The Hall–Kier alpha value is -6.76. The van der Waals surface area contributed by atoms with E-state index in [0.717, 1.165) is 37.7 Å². The van der Waals surface area contributed by atoms with Crippen LogP contribution in [0.5, 0.6) is 11.5 Å². The Balaban J connectivity index is 1.16. The molecule has 0 fully saturated rings. The van der Waals surface area contributed by atoms with Crippen LogP contribution in [0.25, 0.3) is 72.3 Å². The van der Waals surface area contributed by atoms with E-state index in [1.165, 1.54) is 0 Å². The quantitative estimate of drug-likeness (QED) is 0.119. The van der Waals surface area contributed by atoms with Gasteiger partial charge in [0.2, 0.25) is 0 Å². The van der Waals surface area contributed by atoms with Crippen molar-refractivity contribution in [2.45, 2.75) is 26.2 Å². The number of benzene rings is 7. The lowest BCUT2D eigenvalue weighted by molar-refractivity contribution is -0.571. The highest BCUT2D eigenvalue weighted by atomic mass is 79.9. The maximum atomic E-state index is 9.00. The Labute approximate surface area is 360 Å². The van der Waals surface area contributed by atoms with Crippen LogP contribution in [0.3, 0.4) is 0 Å². The molecule has 6 heteroatoms. The number of pyridine rings is 1. The van der Waals surface area contributed by atoms with E-state index in [1.807, 2.05) is 79.0 Å². The maximum absolute atomic E-state index is 9.00. The molecular formula is C52H39BrN4O. The normalized spacial score (nSPS) is 14.2. The molecule has 0 saturated heterocycles. The number of hydrogen-bond acceptors (Lipinski definition) is 2. The number of aromatic nitrogens is 4. The molecule has 0 aliphatic heterocycles. The Morgan fingerprint density at radius 2 is 1.34 bits per heavy atom. The van der Waals surface area contributed by atoms with Crippen LogP contribution in [0.2, 0.25) is 0 Å². The summed E-state index contributed by atoms with van der Waals surface area (Å²) in [4.78, 5) is 4.83. The van der Waals surface area contributed by atoms with Crippen LogP contribution in [-0.4, -0.2) is 14.1 Å². The van der Waals surface area contributed by atoms with Gasteiger partial charge in [0.05, 0.1) is 51.6 Å². The summed E-state index contributed by atoms with van der Waals surface area (Å²) in [5.41, 5.74) is 5.01. The molecular weight excluding hydrogens is 777 g/mol. The first-order valence-electron chi connectivity index (χ1n) is 23.7. The summed E-state index contributed by atoms with van der Waals surface area (Å²) < 4.78 is 99.9. The van der Waals surface area contributed by atoms with E-state index in [1.54, 1.807) is 27.3 Å². The van der Waals surface area contributed by atoms with Gasteiger partial charge in [-0.05, 0) is 91.6 Å². The fourth-order valence-corrected chi connectivity index (χ4v) is 7.91. The van der Waals surface area contributed by atoms with E-state index >= 15 is 0 Å². The number of rotatable bonds is 7. The minimum atomic E-state index is -0.567. The molecule has 280 valence electrons. The fraction of sp³-hybridized carbons (Fsp3) is 0.0769. The molecule has 0 aliphatic rings. The first kappa shape index (κ1) is 26.2. The van der Waals surface area contributed by atoms with Crippen molar-refractivity contribution in [3.8, 4) is 50.9 Å². The second kappa shape index (κ2) is 14.3. The molecule has 0 aliphatic carbocycles. The molecule has 0 amide bonds. The van der Waals surface area contributed by atoms with Gasteiger partial charge in [-0.15, -0.1) is 0 Å². The van der Waals surface area contributed by atoms with Gasteiger partial charge in [0.15, 0.2) is 0 Å². The van der Waals surface area contributed by atoms with Gasteiger partial charge >= 0.3 is 0 Å². The molecule has 0 spiro atoms. The summed E-state index contributed by atoms with van der Waals surface area (Å²) in [7, 11) is 0. The molecule has 3 aromatic heterocycles. The molecule has 0 saturated carbocycles. The van der Waals surface area contributed by atoms with Crippen molar-refractivity contribution in [2.24, 2.45) is 0 Å². The number of para-hydroxylation sites is 4. The van der Waals surface area contributed by atoms with E-state index in [4.69, 9.17) is 23.4 Å². The molecule has 3 heterocycles. The Kier molecular flexibility index (Phi) is 6.47. The van der Waals surface area contributed by atoms with Gasteiger partial charge in [-0.3, -0.25) is 13.7 Å². The standard InChI is InChI=1S/C52H39BrN4O/c1-52(2,3)37-28-29-54-50(30-37)57-45-25-11-10-22-42(45)43-32-44(53)49(33-48(43)57)58-39-21-14-20-38(31-39)55-34-56(47-27-13-12-26-46(47)55)51-40(35-16-6-4-7-17-35)23-15-24-41(51)36-18-8-5-9-19-36/h4-33H,1-3H3/i4D,5D,6D,7D,8D,9D,16D,17D,18D,19D. The molecule has 7 aromatic carbocycles. The van der Waals surface area contributed by atoms with Gasteiger partial charge in [-0.1, -0.05) is 148 Å². The van der Waals surface area contributed by atoms with Gasteiger partial charge in [-0.2, -0.15) is 0 Å². The molecule has 0 bridgehead atoms. The molecule has 10 rings (SSSR count). The summed E-state index contributed by atoms with van der Waals surface area (Å²) in [6.45, 7) is 6.53. The Morgan fingerprint density at radius 3 is 2.07 bits per heavy atom. The third kappa shape index (κ3) is 6.27. The number of ether oxygens (including phenoxy) is 1. The number of nitrogens with zero attached hydrogens (tertiary/aromatic N) is 4. The number of hydrogen-bond donors (Lipinski definition) is 0. The van der Waals surface area contributed by atoms with E-state index in [0.29, 0.717) is 28.2 Å². The predicted octanol–water partition coefficient (Wildman–Crippen LogP) is 13.4. The zero-order valence-electron chi connectivity index (χ0n) is 41.6. The van der Waals surface area contributed by atoms with Gasteiger partial charge in [0, 0.05) is 23.0 Å². The SMILES string of the molecule is [2H]c1c([2H])c([2H])c(-c2cccc(-c3c([2H])c([2H])c([2H])c([2H])c3[2H])c2-[n+]2[c-]n(-c3cccc(Oc4cc5c(cc4Br)c4ccccc4n5-c4cc(C(C)(C)C)ccn4)c3)c3ccccc32)c([2H])c1[2H]. The van der Waals surface area contributed by atoms with Crippen molar-refractivity contribution in [1.82, 2.24) is 14.1 Å². The van der Waals surface area contributed by atoms with E-state index in [-0.39, 0.29) is 33.4 Å².